The molecule has 6 nitrogen and oxygen atoms in total. The van der Waals surface area contributed by atoms with Crippen LogP contribution in [0.2, 0.25) is 0 Å². The molecule has 0 unspecified atom stereocenters. The van der Waals surface area contributed by atoms with Gasteiger partial charge in [0.2, 0.25) is 0 Å². The van der Waals surface area contributed by atoms with Crippen molar-refractivity contribution in [3.8, 4) is 5.75 Å². The van der Waals surface area contributed by atoms with Gasteiger partial charge in [-0.25, -0.2) is 4.79 Å². The number of hydrogen-bond acceptors (Lipinski definition) is 5. The number of ether oxygens (including phenoxy) is 2. The molecule has 2 fully saturated rings. The van der Waals surface area contributed by atoms with Crippen LogP contribution in [-0.4, -0.2) is 56.7 Å². The van der Waals surface area contributed by atoms with Crippen LogP contribution in [0.15, 0.2) is 18.2 Å². The van der Waals surface area contributed by atoms with Gasteiger partial charge in [-0.3, -0.25) is 4.79 Å². The first-order chi connectivity index (χ1) is 12.6. The van der Waals surface area contributed by atoms with Crippen molar-refractivity contribution in [3.05, 3.63) is 29.3 Å². The Morgan fingerprint density at radius 2 is 1.81 bits per heavy atom. The Morgan fingerprint density at radius 1 is 1.12 bits per heavy atom. The zero-order valence-corrected chi connectivity index (χ0v) is 15.6. The second-order valence-electron chi connectivity index (χ2n) is 7.24. The van der Waals surface area contributed by atoms with Crippen LogP contribution in [0.3, 0.4) is 0 Å². The van der Waals surface area contributed by atoms with Gasteiger partial charge >= 0.3 is 5.97 Å². The number of nitrogens with one attached hydrogen (secondary N) is 1. The van der Waals surface area contributed by atoms with E-state index < -0.39 is 5.97 Å². The van der Waals surface area contributed by atoms with Crippen LogP contribution in [0, 0.1) is 5.92 Å². The van der Waals surface area contributed by atoms with Gasteiger partial charge in [0.25, 0.3) is 5.91 Å². The summed E-state index contributed by atoms with van der Waals surface area (Å²) in [6.07, 6.45) is 5.48. The Hall–Kier alpha value is -2.08. The predicted octanol–water partition coefficient (Wildman–Crippen LogP) is 2.48. The molecular weight excluding hydrogens is 332 g/mol. The van der Waals surface area contributed by atoms with Gasteiger partial charge in [-0.15, -0.1) is 0 Å². The van der Waals surface area contributed by atoms with Crippen molar-refractivity contribution >= 4 is 11.9 Å². The number of methoxy groups -OCH3 is 1. The molecule has 3 rings (SSSR count). The SMILES string of the molecule is COC(=O)c1cc(OCC2CCC2)cc(C(=O)N(C)C2CCNCC2)c1. The van der Waals surface area contributed by atoms with Gasteiger partial charge in [0.1, 0.15) is 5.75 Å². The van der Waals surface area contributed by atoms with E-state index in [0.29, 0.717) is 29.4 Å². The third-order valence-corrected chi connectivity index (χ3v) is 5.46. The van der Waals surface area contributed by atoms with Crippen molar-refractivity contribution < 1.29 is 19.1 Å². The molecule has 0 aromatic heterocycles. The third kappa shape index (κ3) is 4.36. The van der Waals surface area contributed by atoms with Gasteiger partial charge in [0.05, 0.1) is 19.3 Å². The summed E-state index contributed by atoms with van der Waals surface area (Å²) >= 11 is 0. The molecule has 1 saturated heterocycles. The monoisotopic (exact) mass is 360 g/mol. The smallest absolute Gasteiger partial charge is 0.338 e. The lowest BCUT2D eigenvalue weighted by Crippen LogP contribution is -2.44. The van der Waals surface area contributed by atoms with Gasteiger partial charge in [-0.05, 0) is 62.9 Å². The molecule has 6 heteroatoms. The maximum Gasteiger partial charge on any atom is 0.338 e. The van der Waals surface area contributed by atoms with Crippen LogP contribution in [0.5, 0.6) is 5.75 Å². The minimum absolute atomic E-state index is 0.0869. The van der Waals surface area contributed by atoms with Gasteiger partial charge in [0.15, 0.2) is 0 Å². The topological polar surface area (TPSA) is 67.9 Å². The average molecular weight is 360 g/mol. The minimum Gasteiger partial charge on any atom is -0.493 e. The van der Waals surface area contributed by atoms with Crippen LogP contribution in [0.4, 0.5) is 0 Å². The summed E-state index contributed by atoms with van der Waals surface area (Å²) in [4.78, 5) is 26.8. The lowest BCUT2D eigenvalue weighted by molar-refractivity contribution is 0.0600. The van der Waals surface area contributed by atoms with E-state index in [1.165, 1.54) is 26.4 Å². The summed E-state index contributed by atoms with van der Waals surface area (Å²) in [5, 5.41) is 3.31. The molecule has 1 heterocycles. The number of nitrogens with zero attached hydrogens (tertiary/aromatic N) is 1. The Morgan fingerprint density at radius 3 is 2.42 bits per heavy atom. The van der Waals surface area contributed by atoms with Crippen LogP contribution in [0.1, 0.15) is 52.8 Å². The zero-order valence-electron chi connectivity index (χ0n) is 15.6. The number of piperidine rings is 1. The molecule has 1 saturated carbocycles. The maximum atomic E-state index is 13.0. The second kappa shape index (κ2) is 8.54. The Balaban J connectivity index is 1.78. The van der Waals surface area contributed by atoms with Gasteiger partial charge < -0.3 is 19.7 Å². The van der Waals surface area contributed by atoms with Gasteiger partial charge in [0, 0.05) is 18.7 Å². The molecule has 0 radical (unpaired) electrons. The Kier molecular flexibility index (Phi) is 6.14. The van der Waals surface area contributed by atoms with Crippen molar-refractivity contribution in [2.24, 2.45) is 5.92 Å². The molecule has 142 valence electrons. The molecule has 0 bridgehead atoms. The first-order valence-electron chi connectivity index (χ1n) is 9.42. The maximum absolute atomic E-state index is 13.0. The van der Waals surface area contributed by atoms with Crippen molar-refractivity contribution in [1.29, 1.82) is 0 Å². The summed E-state index contributed by atoms with van der Waals surface area (Å²) in [5.41, 5.74) is 0.818. The number of hydrogen-bond donors (Lipinski definition) is 1. The molecule has 1 aliphatic carbocycles. The summed E-state index contributed by atoms with van der Waals surface area (Å²) in [5.74, 6) is 0.587. The zero-order chi connectivity index (χ0) is 18.5. The van der Waals surface area contributed by atoms with Crippen LogP contribution < -0.4 is 10.1 Å². The van der Waals surface area contributed by atoms with Crippen molar-refractivity contribution in [2.75, 3.05) is 33.9 Å². The highest BCUT2D eigenvalue weighted by Crippen LogP contribution is 2.28. The molecule has 2 aliphatic rings. The predicted molar refractivity (Wildman–Crippen MR) is 98.6 cm³/mol. The van der Waals surface area contributed by atoms with Crippen LogP contribution in [-0.2, 0) is 4.74 Å². The van der Waals surface area contributed by atoms with E-state index in [4.69, 9.17) is 9.47 Å². The summed E-state index contributed by atoms with van der Waals surface area (Å²) in [6, 6.07) is 5.21. The van der Waals surface area contributed by atoms with Gasteiger partial charge in [-0.2, -0.15) is 0 Å². The number of benzene rings is 1. The molecule has 1 aliphatic heterocycles. The number of esters is 1. The number of carbonyl (C=O) groups is 2. The van der Waals surface area contributed by atoms with Crippen LogP contribution in [0.25, 0.3) is 0 Å². The van der Waals surface area contributed by atoms with Crippen molar-refractivity contribution in [2.45, 2.75) is 38.1 Å². The summed E-state index contributed by atoms with van der Waals surface area (Å²) in [6.45, 7) is 2.46. The highest BCUT2D eigenvalue weighted by atomic mass is 16.5. The van der Waals surface area contributed by atoms with E-state index in [9.17, 15) is 9.59 Å². The van der Waals surface area contributed by atoms with E-state index in [1.54, 1.807) is 23.1 Å². The molecule has 0 spiro atoms. The van der Waals surface area contributed by atoms with E-state index in [0.717, 1.165) is 25.9 Å². The molecule has 26 heavy (non-hydrogen) atoms. The number of amides is 1. The Bertz CT molecular complexity index is 651. The fourth-order valence-corrected chi connectivity index (χ4v) is 3.48. The van der Waals surface area contributed by atoms with E-state index in [-0.39, 0.29) is 11.9 Å². The fourth-order valence-electron chi connectivity index (χ4n) is 3.48. The molecule has 1 N–H and O–H groups in total. The molecular formula is C20H28N2O4. The van der Waals surface area contributed by atoms with E-state index in [2.05, 4.69) is 5.32 Å². The fraction of sp³-hybridized carbons (Fsp3) is 0.600. The van der Waals surface area contributed by atoms with E-state index in [1.807, 2.05) is 7.05 Å². The first-order valence-corrected chi connectivity index (χ1v) is 9.42. The number of carbonyl (C=O) groups excluding carboxylic acids is 2. The third-order valence-electron chi connectivity index (χ3n) is 5.46. The highest BCUT2D eigenvalue weighted by molar-refractivity contribution is 5.98. The summed E-state index contributed by atoms with van der Waals surface area (Å²) < 4.78 is 10.7. The number of rotatable bonds is 6. The van der Waals surface area contributed by atoms with Gasteiger partial charge in [-0.1, -0.05) is 6.42 Å². The molecule has 1 amide bonds. The minimum atomic E-state index is -0.460. The first kappa shape index (κ1) is 18.7. The van der Waals surface area contributed by atoms with Crippen molar-refractivity contribution in [3.63, 3.8) is 0 Å². The lowest BCUT2D eigenvalue weighted by atomic mass is 9.86. The largest absolute Gasteiger partial charge is 0.493 e. The highest BCUT2D eigenvalue weighted by Gasteiger charge is 2.25. The Labute approximate surface area is 154 Å². The molecule has 1 aromatic rings. The average Bonchev–Trinajstić information content (AvgIpc) is 2.65. The molecule has 0 atom stereocenters. The second-order valence-corrected chi connectivity index (χ2v) is 7.24. The van der Waals surface area contributed by atoms with Crippen molar-refractivity contribution in [1.82, 2.24) is 10.2 Å². The van der Waals surface area contributed by atoms with E-state index >= 15 is 0 Å². The lowest BCUT2D eigenvalue weighted by Gasteiger charge is -2.32. The standard InChI is InChI=1S/C20H28N2O4/c1-22(17-6-8-21-9-7-17)19(23)15-10-16(20(24)25-2)12-18(11-15)26-13-14-4-3-5-14/h10-12,14,17,21H,3-9,13H2,1-2H3. The molecule has 1 aromatic carbocycles. The van der Waals surface area contributed by atoms with Crippen LogP contribution >= 0.6 is 0 Å². The normalized spacial score (nSPS) is 18.1. The summed E-state index contributed by atoms with van der Waals surface area (Å²) in [7, 11) is 3.17. The quantitative estimate of drug-likeness (QED) is 0.790.